The van der Waals surface area contributed by atoms with Crippen LogP contribution >= 0.6 is 0 Å². The van der Waals surface area contributed by atoms with E-state index in [4.69, 9.17) is 14.2 Å². The van der Waals surface area contributed by atoms with Gasteiger partial charge in [-0.05, 0) is 44.4 Å². The Bertz CT molecular complexity index is 770. The average Bonchev–Trinajstić information content (AvgIpc) is 2.61. The molecule has 0 bridgehead atoms. The lowest BCUT2D eigenvalue weighted by atomic mass is 9.87. The minimum absolute atomic E-state index is 0.0856. The lowest BCUT2D eigenvalue weighted by molar-refractivity contribution is 0.305. The predicted octanol–water partition coefficient (Wildman–Crippen LogP) is 3.95. The molecule has 0 fully saturated rings. The fourth-order valence-electron chi connectivity index (χ4n) is 3.82. The van der Waals surface area contributed by atoms with E-state index in [1.54, 1.807) is 14.2 Å². The molecule has 2 aromatic rings. The molecule has 1 aliphatic rings. The van der Waals surface area contributed by atoms with Crippen molar-refractivity contribution >= 4 is 0 Å². The molecule has 1 N–H and O–H groups in total. The van der Waals surface area contributed by atoms with Crippen molar-refractivity contribution in [2.75, 3.05) is 27.4 Å². The van der Waals surface area contributed by atoms with Crippen LogP contribution in [0.25, 0.3) is 0 Å². The fraction of sp³-hybridized carbons (Fsp3) is 0.429. The Hall–Kier alpha value is -2.20. The summed E-state index contributed by atoms with van der Waals surface area (Å²) in [5, 5.41) is 3.65. The van der Waals surface area contributed by atoms with E-state index >= 15 is 0 Å². The van der Waals surface area contributed by atoms with E-state index in [0.29, 0.717) is 6.61 Å². The van der Waals surface area contributed by atoms with E-state index in [0.717, 1.165) is 35.8 Å². The van der Waals surface area contributed by atoms with Crippen LogP contribution in [0, 0.1) is 13.8 Å². The van der Waals surface area contributed by atoms with E-state index in [9.17, 15) is 0 Å². The summed E-state index contributed by atoms with van der Waals surface area (Å²) >= 11 is 0. The Morgan fingerprint density at radius 3 is 2.52 bits per heavy atom. The second-order valence-electron chi connectivity index (χ2n) is 6.44. The van der Waals surface area contributed by atoms with Gasteiger partial charge in [0.25, 0.3) is 0 Å². The maximum absolute atomic E-state index is 5.93. The Labute approximate surface area is 150 Å². The van der Waals surface area contributed by atoms with Gasteiger partial charge in [0.05, 0.1) is 26.9 Å². The molecule has 0 spiro atoms. The third-order valence-electron chi connectivity index (χ3n) is 4.77. The van der Waals surface area contributed by atoms with E-state index in [2.05, 4.69) is 37.4 Å². The van der Waals surface area contributed by atoms with E-state index in [1.807, 2.05) is 13.0 Å². The van der Waals surface area contributed by atoms with Gasteiger partial charge in [0.1, 0.15) is 5.75 Å². The molecule has 1 unspecified atom stereocenters. The molecule has 0 aliphatic carbocycles. The van der Waals surface area contributed by atoms with Crippen molar-refractivity contribution in [1.29, 1.82) is 0 Å². The maximum Gasteiger partial charge on any atom is 0.164 e. The maximum atomic E-state index is 5.93. The number of hydrogen-bond acceptors (Lipinski definition) is 4. The van der Waals surface area contributed by atoms with Gasteiger partial charge in [-0.25, -0.2) is 0 Å². The summed E-state index contributed by atoms with van der Waals surface area (Å²) in [6, 6.07) is 8.60. The smallest absolute Gasteiger partial charge is 0.164 e. The van der Waals surface area contributed by atoms with Crippen LogP contribution in [0.2, 0.25) is 0 Å². The van der Waals surface area contributed by atoms with Gasteiger partial charge in [0.15, 0.2) is 11.5 Å². The zero-order valence-corrected chi connectivity index (χ0v) is 15.7. The van der Waals surface area contributed by atoms with E-state index < -0.39 is 0 Å². The Morgan fingerprint density at radius 1 is 1.04 bits per heavy atom. The van der Waals surface area contributed by atoms with Crippen molar-refractivity contribution in [2.45, 2.75) is 33.2 Å². The number of hydrogen-bond donors (Lipinski definition) is 1. The topological polar surface area (TPSA) is 39.7 Å². The number of aryl methyl sites for hydroxylation is 2. The third-order valence-corrected chi connectivity index (χ3v) is 4.77. The lowest BCUT2D eigenvalue weighted by Gasteiger charge is -2.31. The van der Waals surface area contributed by atoms with Gasteiger partial charge in [-0.3, -0.25) is 0 Å². The molecule has 0 aromatic heterocycles. The molecule has 0 saturated carbocycles. The molecule has 0 amide bonds. The van der Waals surface area contributed by atoms with Crippen LogP contribution in [-0.4, -0.2) is 27.4 Å². The molecule has 0 radical (unpaired) electrons. The van der Waals surface area contributed by atoms with Gasteiger partial charge in [-0.15, -0.1) is 0 Å². The van der Waals surface area contributed by atoms with Crippen molar-refractivity contribution < 1.29 is 14.2 Å². The highest BCUT2D eigenvalue weighted by atomic mass is 16.5. The van der Waals surface area contributed by atoms with Crippen molar-refractivity contribution in [2.24, 2.45) is 0 Å². The number of nitrogens with one attached hydrogen (secondary N) is 1. The van der Waals surface area contributed by atoms with Crippen LogP contribution in [0.15, 0.2) is 24.3 Å². The van der Waals surface area contributed by atoms with Gasteiger partial charge in [0, 0.05) is 17.7 Å². The Balaban J connectivity index is 2.16. The zero-order chi connectivity index (χ0) is 18.0. The molecule has 3 rings (SSSR count). The molecule has 1 heterocycles. The zero-order valence-electron chi connectivity index (χ0n) is 15.7. The van der Waals surface area contributed by atoms with Gasteiger partial charge >= 0.3 is 0 Å². The molecule has 2 aromatic carbocycles. The van der Waals surface area contributed by atoms with Crippen LogP contribution < -0.4 is 19.5 Å². The second-order valence-corrected chi connectivity index (χ2v) is 6.44. The number of methoxy groups -OCH3 is 2. The first-order valence-corrected chi connectivity index (χ1v) is 8.81. The van der Waals surface area contributed by atoms with Crippen LogP contribution in [-0.2, 0) is 6.42 Å². The lowest BCUT2D eigenvalue weighted by Crippen LogP contribution is -2.31. The van der Waals surface area contributed by atoms with Gasteiger partial charge in [-0.1, -0.05) is 23.8 Å². The Morgan fingerprint density at radius 2 is 1.84 bits per heavy atom. The molecule has 1 atom stereocenters. The van der Waals surface area contributed by atoms with Crippen molar-refractivity contribution in [3.05, 3.63) is 52.1 Å². The minimum Gasteiger partial charge on any atom is -0.496 e. The number of fused-ring (bicyclic) bond motifs is 1. The molecular formula is C21H27NO3. The summed E-state index contributed by atoms with van der Waals surface area (Å²) in [7, 11) is 3.43. The summed E-state index contributed by atoms with van der Waals surface area (Å²) in [6.45, 7) is 7.74. The summed E-state index contributed by atoms with van der Waals surface area (Å²) in [4.78, 5) is 0. The van der Waals surface area contributed by atoms with Crippen LogP contribution in [0.5, 0.6) is 17.2 Å². The summed E-state index contributed by atoms with van der Waals surface area (Å²) in [6.07, 6.45) is 0.922. The number of benzene rings is 2. The van der Waals surface area contributed by atoms with Gasteiger partial charge < -0.3 is 19.5 Å². The molecular weight excluding hydrogens is 314 g/mol. The highest BCUT2D eigenvalue weighted by Crippen LogP contribution is 2.42. The van der Waals surface area contributed by atoms with Crippen LogP contribution in [0.4, 0.5) is 0 Å². The molecule has 0 saturated heterocycles. The summed E-state index contributed by atoms with van der Waals surface area (Å²) in [5.41, 5.74) is 6.03. The van der Waals surface area contributed by atoms with Gasteiger partial charge in [0.2, 0.25) is 0 Å². The molecule has 134 valence electrons. The number of ether oxygens (including phenoxy) is 3. The molecule has 1 aliphatic heterocycles. The highest BCUT2D eigenvalue weighted by molar-refractivity contribution is 5.57. The van der Waals surface area contributed by atoms with Crippen molar-refractivity contribution in [1.82, 2.24) is 5.32 Å². The van der Waals surface area contributed by atoms with Crippen LogP contribution in [0.1, 0.15) is 40.8 Å². The van der Waals surface area contributed by atoms with Crippen LogP contribution in [0.3, 0.4) is 0 Å². The normalized spacial score (nSPS) is 16.3. The summed E-state index contributed by atoms with van der Waals surface area (Å²) < 4.78 is 17.2. The minimum atomic E-state index is 0.0856. The Kier molecular flexibility index (Phi) is 5.19. The highest BCUT2D eigenvalue weighted by Gasteiger charge is 2.28. The first-order valence-electron chi connectivity index (χ1n) is 8.81. The molecule has 4 nitrogen and oxygen atoms in total. The third kappa shape index (κ3) is 3.19. The standard InChI is InChI=1S/C21H27NO3/c1-6-25-21-16-9-10-22-19(15(16)7-8-18(21)23-4)17-12-13(2)11-14(3)20(17)24-5/h7-8,11-12,19,22H,6,9-10H2,1-5H3. The predicted molar refractivity (Wildman–Crippen MR) is 100 cm³/mol. The molecule has 25 heavy (non-hydrogen) atoms. The summed E-state index contributed by atoms with van der Waals surface area (Å²) in [5.74, 6) is 2.62. The second kappa shape index (κ2) is 7.36. The SMILES string of the molecule is CCOc1c(OC)ccc2c1CCNC2c1cc(C)cc(C)c1OC. The fourth-order valence-corrected chi connectivity index (χ4v) is 3.82. The monoisotopic (exact) mass is 341 g/mol. The first-order chi connectivity index (χ1) is 12.1. The van der Waals surface area contributed by atoms with Gasteiger partial charge in [-0.2, -0.15) is 0 Å². The first kappa shape index (κ1) is 17.6. The quantitative estimate of drug-likeness (QED) is 0.894. The largest absolute Gasteiger partial charge is 0.496 e. The molecule has 4 heteroatoms. The van der Waals surface area contributed by atoms with E-state index in [-0.39, 0.29) is 6.04 Å². The van der Waals surface area contributed by atoms with Crippen molar-refractivity contribution in [3.8, 4) is 17.2 Å². The number of rotatable bonds is 5. The van der Waals surface area contributed by atoms with Crippen molar-refractivity contribution in [3.63, 3.8) is 0 Å². The van der Waals surface area contributed by atoms with E-state index in [1.165, 1.54) is 22.3 Å². The average molecular weight is 341 g/mol.